The SMILES string of the molecule is CC(C)(C)S(=O)CC1CCC(N)C1. The van der Waals surface area contributed by atoms with Crippen molar-refractivity contribution in [2.45, 2.75) is 50.8 Å². The molecule has 0 aliphatic heterocycles. The predicted molar refractivity (Wildman–Crippen MR) is 58.1 cm³/mol. The summed E-state index contributed by atoms with van der Waals surface area (Å²) in [5, 5.41) is 0. The molecule has 0 aromatic heterocycles. The quantitative estimate of drug-likeness (QED) is 0.741. The monoisotopic (exact) mass is 203 g/mol. The third-order valence-corrected chi connectivity index (χ3v) is 4.79. The topological polar surface area (TPSA) is 43.1 Å². The van der Waals surface area contributed by atoms with Gasteiger partial charge in [-0.25, -0.2) is 0 Å². The first-order chi connectivity index (χ1) is 5.89. The summed E-state index contributed by atoms with van der Waals surface area (Å²) in [6, 6.07) is 0.363. The molecule has 3 heteroatoms. The van der Waals surface area contributed by atoms with Crippen molar-refractivity contribution in [3.05, 3.63) is 0 Å². The zero-order chi connectivity index (χ0) is 10.1. The van der Waals surface area contributed by atoms with Gasteiger partial charge < -0.3 is 5.73 Å². The molecule has 1 aliphatic carbocycles. The Morgan fingerprint density at radius 3 is 2.38 bits per heavy atom. The third kappa shape index (κ3) is 3.39. The molecule has 0 aromatic rings. The molecule has 0 aromatic carbocycles. The van der Waals surface area contributed by atoms with E-state index in [0.29, 0.717) is 12.0 Å². The lowest BCUT2D eigenvalue weighted by Gasteiger charge is -2.20. The van der Waals surface area contributed by atoms with Crippen molar-refractivity contribution in [3.8, 4) is 0 Å². The normalized spacial score (nSPS) is 32.0. The van der Waals surface area contributed by atoms with E-state index in [1.807, 2.05) is 20.8 Å². The van der Waals surface area contributed by atoms with Crippen molar-refractivity contribution in [2.24, 2.45) is 11.7 Å². The van der Waals surface area contributed by atoms with Crippen LogP contribution in [0.15, 0.2) is 0 Å². The molecular formula is C10H21NOS. The van der Waals surface area contributed by atoms with Gasteiger partial charge in [0.15, 0.2) is 0 Å². The molecule has 0 amide bonds. The first kappa shape index (κ1) is 11.2. The molecule has 1 rings (SSSR count). The molecule has 13 heavy (non-hydrogen) atoms. The lowest BCUT2D eigenvalue weighted by atomic mass is 10.1. The molecule has 78 valence electrons. The van der Waals surface area contributed by atoms with Gasteiger partial charge in [0.1, 0.15) is 0 Å². The van der Waals surface area contributed by atoms with Gasteiger partial charge >= 0.3 is 0 Å². The van der Waals surface area contributed by atoms with Gasteiger partial charge in [-0.15, -0.1) is 0 Å². The second-order valence-electron chi connectivity index (χ2n) is 5.06. The van der Waals surface area contributed by atoms with Crippen LogP contribution in [0.25, 0.3) is 0 Å². The summed E-state index contributed by atoms with van der Waals surface area (Å²) in [5.74, 6) is 1.45. The van der Waals surface area contributed by atoms with E-state index < -0.39 is 10.8 Å². The molecule has 3 atom stereocenters. The summed E-state index contributed by atoms with van der Waals surface area (Å²) in [4.78, 5) is 0. The number of nitrogens with two attached hydrogens (primary N) is 1. The van der Waals surface area contributed by atoms with Crippen LogP contribution in [0.2, 0.25) is 0 Å². The molecule has 0 radical (unpaired) electrons. The molecule has 0 spiro atoms. The molecule has 1 fully saturated rings. The Hall–Kier alpha value is 0.110. The van der Waals surface area contributed by atoms with Gasteiger partial charge in [0, 0.05) is 27.3 Å². The van der Waals surface area contributed by atoms with E-state index in [9.17, 15) is 4.21 Å². The molecule has 0 heterocycles. The van der Waals surface area contributed by atoms with Crippen molar-refractivity contribution in [1.29, 1.82) is 0 Å². The van der Waals surface area contributed by atoms with Crippen LogP contribution in [0.4, 0.5) is 0 Å². The van der Waals surface area contributed by atoms with Gasteiger partial charge in [0.2, 0.25) is 0 Å². The molecule has 3 unspecified atom stereocenters. The summed E-state index contributed by atoms with van der Waals surface area (Å²) in [5.41, 5.74) is 5.81. The largest absolute Gasteiger partial charge is 0.328 e. The van der Waals surface area contributed by atoms with Gasteiger partial charge in [0.05, 0.1) is 0 Å². The van der Waals surface area contributed by atoms with Gasteiger partial charge in [0.25, 0.3) is 0 Å². The van der Waals surface area contributed by atoms with Crippen LogP contribution in [-0.4, -0.2) is 20.8 Å². The fourth-order valence-electron chi connectivity index (χ4n) is 1.73. The molecule has 1 aliphatic rings. The predicted octanol–water partition coefficient (Wildman–Crippen LogP) is 1.66. The first-order valence-corrected chi connectivity index (χ1v) is 6.35. The maximum Gasteiger partial charge on any atom is 0.0375 e. The second kappa shape index (κ2) is 4.09. The summed E-state index contributed by atoms with van der Waals surface area (Å²) in [7, 11) is -0.698. The van der Waals surface area contributed by atoms with Gasteiger partial charge in [-0.3, -0.25) is 4.21 Å². The second-order valence-corrected chi connectivity index (χ2v) is 7.31. The maximum atomic E-state index is 11.8. The minimum absolute atomic E-state index is 0.0628. The van der Waals surface area contributed by atoms with E-state index in [-0.39, 0.29) is 4.75 Å². The smallest absolute Gasteiger partial charge is 0.0375 e. The highest BCUT2D eigenvalue weighted by Gasteiger charge is 2.27. The molecule has 1 saturated carbocycles. The maximum absolute atomic E-state index is 11.8. The summed E-state index contributed by atoms with van der Waals surface area (Å²) < 4.78 is 11.7. The Kier molecular flexibility index (Phi) is 3.52. The minimum atomic E-state index is -0.698. The standard InChI is InChI=1S/C10H21NOS/c1-10(2,3)13(12)7-8-4-5-9(11)6-8/h8-9H,4-7,11H2,1-3H3. The Bertz CT molecular complexity index is 198. The molecule has 0 saturated heterocycles. The van der Waals surface area contributed by atoms with Gasteiger partial charge in [-0.1, -0.05) is 0 Å². The van der Waals surface area contributed by atoms with Crippen molar-refractivity contribution >= 4 is 10.8 Å². The number of hydrogen-bond donors (Lipinski definition) is 1. The molecule has 2 N–H and O–H groups in total. The third-order valence-electron chi connectivity index (χ3n) is 2.65. The van der Waals surface area contributed by atoms with Crippen LogP contribution in [0.3, 0.4) is 0 Å². The van der Waals surface area contributed by atoms with E-state index in [0.717, 1.165) is 18.6 Å². The van der Waals surface area contributed by atoms with Gasteiger partial charge in [-0.05, 0) is 46.0 Å². The van der Waals surface area contributed by atoms with E-state index in [1.54, 1.807) is 0 Å². The number of hydrogen-bond acceptors (Lipinski definition) is 2. The van der Waals surface area contributed by atoms with Crippen molar-refractivity contribution in [3.63, 3.8) is 0 Å². The highest BCUT2D eigenvalue weighted by atomic mass is 32.2. The highest BCUT2D eigenvalue weighted by molar-refractivity contribution is 7.86. The van der Waals surface area contributed by atoms with Crippen LogP contribution >= 0.6 is 0 Å². The molecule has 2 nitrogen and oxygen atoms in total. The van der Waals surface area contributed by atoms with E-state index in [1.165, 1.54) is 6.42 Å². The van der Waals surface area contributed by atoms with Crippen LogP contribution in [-0.2, 0) is 10.8 Å². The van der Waals surface area contributed by atoms with E-state index in [2.05, 4.69) is 0 Å². The first-order valence-electron chi connectivity index (χ1n) is 5.03. The average Bonchev–Trinajstić information content (AvgIpc) is 2.33. The lowest BCUT2D eigenvalue weighted by molar-refractivity contribution is 0.578. The lowest BCUT2D eigenvalue weighted by Crippen LogP contribution is -2.27. The van der Waals surface area contributed by atoms with Crippen LogP contribution in [0.1, 0.15) is 40.0 Å². The van der Waals surface area contributed by atoms with Crippen LogP contribution in [0.5, 0.6) is 0 Å². The van der Waals surface area contributed by atoms with Crippen LogP contribution < -0.4 is 5.73 Å². The molecule has 0 bridgehead atoms. The Morgan fingerprint density at radius 2 is 2.00 bits per heavy atom. The van der Waals surface area contributed by atoms with E-state index in [4.69, 9.17) is 5.73 Å². The Morgan fingerprint density at radius 1 is 1.38 bits per heavy atom. The Balaban J connectivity index is 2.37. The number of rotatable bonds is 2. The van der Waals surface area contributed by atoms with Crippen molar-refractivity contribution < 1.29 is 4.21 Å². The van der Waals surface area contributed by atoms with E-state index >= 15 is 0 Å². The van der Waals surface area contributed by atoms with Gasteiger partial charge in [-0.2, -0.15) is 0 Å². The fourth-order valence-corrected chi connectivity index (χ4v) is 2.96. The zero-order valence-corrected chi connectivity index (χ0v) is 9.69. The summed E-state index contributed by atoms with van der Waals surface area (Å²) in [6.45, 7) is 6.12. The summed E-state index contributed by atoms with van der Waals surface area (Å²) >= 11 is 0. The average molecular weight is 203 g/mol. The molecular weight excluding hydrogens is 182 g/mol. The van der Waals surface area contributed by atoms with Crippen molar-refractivity contribution in [1.82, 2.24) is 0 Å². The highest BCUT2D eigenvalue weighted by Crippen LogP contribution is 2.27. The Labute approximate surface area is 83.7 Å². The fraction of sp³-hybridized carbons (Fsp3) is 1.00. The van der Waals surface area contributed by atoms with Crippen LogP contribution in [0, 0.1) is 5.92 Å². The van der Waals surface area contributed by atoms with Crippen molar-refractivity contribution in [2.75, 3.05) is 5.75 Å². The summed E-state index contributed by atoms with van der Waals surface area (Å²) in [6.07, 6.45) is 3.36. The zero-order valence-electron chi connectivity index (χ0n) is 8.88. The minimum Gasteiger partial charge on any atom is -0.328 e.